The number of hydrogen-bond donors (Lipinski definition) is 0. The van der Waals surface area contributed by atoms with Gasteiger partial charge < -0.3 is 9.47 Å². The number of fused-ring (bicyclic) bond motifs is 5. The Morgan fingerprint density at radius 2 is 1.58 bits per heavy atom. The number of ketones is 1. The Labute approximate surface area is 195 Å². The van der Waals surface area contributed by atoms with E-state index in [-0.39, 0.29) is 11.7 Å². The maximum absolute atomic E-state index is 12.9. The summed E-state index contributed by atoms with van der Waals surface area (Å²) in [6, 6.07) is 25.3. The second-order valence-corrected chi connectivity index (χ2v) is 8.63. The van der Waals surface area contributed by atoms with Crippen LogP contribution in [0.5, 0.6) is 11.5 Å². The lowest BCUT2D eigenvalue weighted by Crippen LogP contribution is -2.03. The average Bonchev–Trinajstić information content (AvgIpc) is 3.20. The van der Waals surface area contributed by atoms with E-state index in [0.717, 1.165) is 40.7 Å². The van der Waals surface area contributed by atoms with E-state index in [4.69, 9.17) is 9.47 Å². The van der Waals surface area contributed by atoms with Crippen LogP contribution in [0.25, 0.3) is 21.9 Å². The van der Waals surface area contributed by atoms with Crippen molar-refractivity contribution in [2.45, 2.75) is 32.1 Å². The first-order chi connectivity index (χ1) is 16.2. The van der Waals surface area contributed by atoms with Crippen LogP contribution >= 0.6 is 0 Å². The number of ether oxygens (including phenoxy) is 2. The first-order valence-corrected chi connectivity index (χ1v) is 11.6. The molecule has 33 heavy (non-hydrogen) atoms. The van der Waals surface area contributed by atoms with Gasteiger partial charge in [-0.25, -0.2) is 0 Å². The lowest BCUT2D eigenvalue weighted by molar-refractivity contribution is 0.0979. The number of carbonyl (C=O) groups is 1. The summed E-state index contributed by atoms with van der Waals surface area (Å²) < 4.78 is 11.2. The van der Waals surface area contributed by atoms with Gasteiger partial charge in [0, 0.05) is 17.9 Å². The molecule has 166 valence electrons. The molecule has 1 unspecified atom stereocenters. The third kappa shape index (κ3) is 3.58. The SMILES string of the molecule is CCCCC(=O)c1ccc2c(c1)C(c1ccccc1)c1c-2ccc2cc(OC)c(OC)cc12. The van der Waals surface area contributed by atoms with Gasteiger partial charge >= 0.3 is 0 Å². The van der Waals surface area contributed by atoms with Crippen LogP contribution in [0.2, 0.25) is 0 Å². The van der Waals surface area contributed by atoms with Crippen LogP contribution < -0.4 is 9.47 Å². The van der Waals surface area contributed by atoms with Crippen molar-refractivity contribution in [3.8, 4) is 22.6 Å². The molecule has 0 aromatic heterocycles. The maximum Gasteiger partial charge on any atom is 0.162 e. The molecular formula is C30H28O3. The maximum atomic E-state index is 12.9. The zero-order chi connectivity index (χ0) is 22.9. The Balaban J connectivity index is 1.75. The van der Waals surface area contributed by atoms with Crippen molar-refractivity contribution in [2.24, 2.45) is 0 Å². The number of rotatable bonds is 7. The van der Waals surface area contributed by atoms with E-state index in [2.05, 4.69) is 61.5 Å². The normalized spacial score (nSPS) is 14.1. The van der Waals surface area contributed by atoms with Crippen LogP contribution in [-0.2, 0) is 0 Å². The summed E-state index contributed by atoms with van der Waals surface area (Å²) >= 11 is 0. The molecule has 0 aliphatic heterocycles. The lowest BCUT2D eigenvalue weighted by atomic mass is 9.86. The molecule has 1 aliphatic carbocycles. The van der Waals surface area contributed by atoms with Gasteiger partial charge in [0.25, 0.3) is 0 Å². The highest BCUT2D eigenvalue weighted by atomic mass is 16.5. The van der Waals surface area contributed by atoms with Crippen LogP contribution in [0.4, 0.5) is 0 Å². The van der Waals surface area contributed by atoms with E-state index in [9.17, 15) is 4.79 Å². The number of benzene rings is 4. The van der Waals surface area contributed by atoms with Gasteiger partial charge in [0.05, 0.1) is 14.2 Å². The topological polar surface area (TPSA) is 35.5 Å². The Bertz CT molecular complexity index is 1340. The fraction of sp³-hybridized carbons (Fsp3) is 0.233. The van der Waals surface area contributed by atoms with Gasteiger partial charge in [-0.2, -0.15) is 0 Å². The molecule has 3 nitrogen and oxygen atoms in total. The molecule has 5 rings (SSSR count). The highest BCUT2D eigenvalue weighted by Gasteiger charge is 2.32. The zero-order valence-electron chi connectivity index (χ0n) is 19.4. The van der Waals surface area contributed by atoms with E-state index < -0.39 is 0 Å². The second-order valence-electron chi connectivity index (χ2n) is 8.63. The zero-order valence-corrected chi connectivity index (χ0v) is 19.4. The van der Waals surface area contributed by atoms with Crippen molar-refractivity contribution >= 4 is 16.6 Å². The molecule has 1 atom stereocenters. The number of Topliss-reactive ketones (excluding diaryl/α,β-unsaturated/α-hetero) is 1. The molecule has 0 amide bonds. The summed E-state index contributed by atoms with van der Waals surface area (Å²) in [5.74, 6) is 1.72. The molecule has 4 aromatic rings. The van der Waals surface area contributed by atoms with Crippen molar-refractivity contribution in [1.82, 2.24) is 0 Å². The fourth-order valence-electron chi connectivity index (χ4n) is 5.07. The molecule has 0 radical (unpaired) electrons. The molecule has 4 aromatic carbocycles. The first kappa shape index (κ1) is 21.3. The molecule has 0 N–H and O–H groups in total. The van der Waals surface area contributed by atoms with Crippen molar-refractivity contribution in [3.05, 3.63) is 95.1 Å². The molecule has 1 aliphatic rings. The molecular weight excluding hydrogens is 408 g/mol. The predicted octanol–water partition coefficient (Wildman–Crippen LogP) is 7.39. The van der Waals surface area contributed by atoms with Gasteiger partial charge in [-0.3, -0.25) is 4.79 Å². The molecule has 3 heteroatoms. The first-order valence-electron chi connectivity index (χ1n) is 11.6. The third-order valence-electron chi connectivity index (χ3n) is 6.72. The third-order valence-corrected chi connectivity index (χ3v) is 6.72. The standard InChI is InChI=1S/C30H28O3/c1-4-5-11-26(31)21-13-14-22-23-15-12-20-17-27(32-2)28(33-3)18-24(20)30(23)29(25(22)16-21)19-9-7-6-8-10-19/h6-10,12-18,29H,4-5,11H2,1-3H3. The summed E-state index contributed by atoms with van der Waals surface area (Å²) in [7, 11) is 3.33. The highest BCUT2D eigenvalue weighted by Crippen LogP contribution is 2.52. The molecule has 0 bridgehead atoms. The van der Waals surface area contributed by atoms with Gasteiger partial charge in [0.1, 0.15) is 0 Å². The van der Waals surface area contributed by atoms with Gasteiger partial charge in [0.2, 0.25) is 0 Å². The number of unbranched alkanes of at least 4 members (excludes halogenated alkanes) is 1. The number of carbonyl (C=O) groups excluding carboxylic acids is 1. The van der Waals surface area contributed by atoms with E-state index in [1.165, 1.54) is 27.8 Å². The highest BCUT2D eigenvalue weighted by molar-refractivity contribution is 6.01. The minimum Gasteiger partial charge on any atom is -0.493 e. The Morgan fingerprint density at radius 1 is 0.848 bits per heavy atom. The average molecular weight is 437 g/mol. The van der Waals surface area contributed by atoms with Crippen LogP contribution in [0.1, 0.15) is 59.2 Å². The fourth-order valence-corrected chi connectivity index (χ4v) is 5.07. The Kier molecular flexibility index (Phi) is 5.63. The molecule has 0 spiro atoms. The van der Waals surface area contributed by atoms with Gasteiger partial charge in [-0.15, -0.1) is 0 Å². The number of methoxy groups -OCH3 is 2. The Hall–Kier alpha value is -3.59. The van der Waals surface area contributed by atoms with Crippen molar-refractivity contribution in [2.75, 3.05) is 14.2 Å². The van der Waals surface area contributed by atoms with E-state index in [0.29, 0.717) is 6.42 Å². The van der Waals surface area contributed by atoms with Crippen LogP contribution in [0, 0.1) is 0 Å². The Morgan fingerprint density at radius 3 is 2.30 bits per heavy atom. The van der Waals surface area contributed by atoms with Crippen LogP contribution in [0.15, 0.2) is 72.8 Å². The van der Waals surface area contributed by atoms with E-state index in [1.54, 1.807) is 14.2 Å². The largest absolute Gasteiger partial charge is 0.493 e. The molecule has 0 fully saturated rings. The van der Waals surface area contributed by atoms with Crippen LogP contribution in [-0.4, -0.2) is 20.0 Å². The summed E-state index contributed by atoms with van der Waals surface area (Å²) in [6.45, 7) is 2.12. The van der Waals surface area contributed by atoms with E-state index >= 15 is 0 Å². The quantitative estimate of drug-likeness (QED) is 0.250. The van der Waals surface area contributed by atoms with Crippen molar-refractivity contribution in [1.29, 1.82) is 0 Å². The minimum atomic E-state index is 0.0527. The predicted molar refractivity (Wildman–Crippen MR) is 134 cm³/mol. The number of hydrogen-bond acceptors (Lipinski definition) is 3. The summed E-state index contributed by atoms with van der Waals surface area (Å²) in [5, 5.41) is 2.26. The van der Waals surface area contributed by atoms with Crippen molar-refractivity contribution < 1.29 is 14.3 Å². The summed E-state index contributed by atoms with van der Waals surface area (Å²) in [4.78, 5) is 12.9. The second kappa shape index (κ2) is 8.74. The molecule has 0 saturated carbocycles. The molecule has 0 saturated heterocycles. The monoisotopic (exact) mass is 436 g/mol. The van der Waals surface area contributed by atoms with Gasteiger partial charge in [0.15, 0.2) is 17.3 Å². The summed E-state index contributed by atoms with van der Waals surface area (Å²) in [5.41, 5.74) is 6.89. The van der Waals surface area contributed by atoms with Gasteiger partial charge in [-0.05, 0) is 63.2 Å². The van der Waals surface area contributed by atoms with Crippen LogP contribution in [0.3, 0.4) is 0 Å². The van der Waals surface area contributed by atoms with E-state index in [1.807, 2.05) is 18.2 Å². The smallest absolute Gasteiger partial charge is 0.162 e. The molecule has 0 heterocycles. The minimum absolute atomic E-state index is 0.0527. The van der Waals surface area contributed by atoms with Gasteiger partial charge in [-0.1, -0.05) is 67.9 Å². The van der Waals surface area contributed by atoms with Crippen molar-refractivity contribution in [3.63, 3.8) is 0 Å². The lowest BCUT2D eigenvalue weighted by Gasteiger charge is -2.18. The summed E-state index contributed by atoms with van der Waals surface area (Å²) in [6.07, 6.45) is 2.54.